The van der Waals surface area contributed by atoms with Crippen molar-refractivity contribution in [1.82, 2.24) is 24.8 Å². The molecule has 3 heterocycles. The number of hydrogen-bond donors (Lipinski definition) is 1. The molecule has 21 heavy (non-hydrogen) atoms. The molecule has 0 radical (unpaired) electrons. The van der Waals surface area contributed by atoms with Gasteiger partial charge in [0.15, 0.2) is 5.82 Å². The van der Waals surface area contributed by atoms with Gasteiger partial charge in [0.2, 0.25) is 0 Å². The predicted octanol–water partition coefficient (Wildman–Crippen LogP) is 2.21. The van der Waals surface area contributed by atoms with E-state index in [-0.39, 0.29) is 0 Å². The van der Waals surface area contributed by atoms with Gasteiger partial charge in [-0.3, -0.25) is 9.97 Å². The molecule has 1 N–H and O–H groups in total. The van der Waals surface area contributed by atoms with Crippen LogP contribution in [-0.4, -0.2) is 44.5 Å². The molecule has 1 aliphatic rings. The van der Waals surface area contributed by atoms with Crippen molar-refractivity contribution in [3.63, 3.8) is 0 Å². The molecular weight excluding hydrogens is 264 g/mol. The first-order valence-electron chi connectivity index (χ1n) is 7.43. The third-order valence-corrected chi connectivity index (χ3v) is 3.88. The first kappa shape index (κ1) is 13.9. The van der Waals surface area contributed by atoms with Gasteiger partial charge in [0.1, 0.15) is 5.82 Å². The fourth-order valence-corrected chi connectivity index (χ4v) is 2.79. The van der Waals surface area contributed by atoms with E-state index in [4.69, 9.17) is 0 Å². The van der Waals surface area contributed by atoms with Gasteiger partial charge in [-0.1, -0.05) is 6.92 Å². The molecule has 1 aliphatic heterocycles. The van der Waals surface area contributed by atoms with Gasteiger partial charge in [-0.15, -0.1) is 0 Å². The van der Waals surface area contributed by atoms with Gasteiger partial charge in [0.25, 0.3) is 0 Å². The maximum absolute atomic E-state index is 4.57. The lowest BCUT2D eigenvalue weighted by atomic mass is 9.94. The minimum atomic E-state index is 0.423. The van der Waals surface area contributed by atoms with Gasteiger partial charge >= 0.3 is 0 Å². The summed E-state index contributed by atoms with van der Waals surface area (Å²) < 4.78 is 0. The Morgan fingerprint density at radius 2 is 2.05 bits per heavy atom. The normalized spacial score (nSPS) is 19.4. The third-order valence-electron chi connectivity index (χ3n) is 3.88. The summed E-state index contributed by atoms with van der Waals surface area (Å²) in [5.74, 6) is 1.91. The number of piperidine rings is 1. The SMILES string of the molecule is CCN1CCC[C@H](c2nccnc2Nc2cnccn2)C1. The topological polar surface area (TPSA) is 66.8 Å². The Kier molecular flexibility index (Phi) is 4.35. The number of aromatic nitrogens is 4. The monoisotopic (exact) mass is 284 g/mol. The van der Waals surface area contributed by atoms with Crippen LogP contribution in [0.2, 0.25) is 0 Å². The zero-order valence-electron chi connectivity index (χ0n) is 12.2. The second-order valence-corrected chi connectivity index (χ2v) is 5.24. The lowest BCUT2D eigenvalue weighted by Crippen LogP contribution is -2.34. The van der Waals surface area contributed by atoms with Crippen LogP contribution in [0.5, 0.6) is 0 Å². The second kappa shape index (κ2) is 6.58. The van der Waals surface area contributed by atoms with Crippen LogP contribution in [0.1, 0.15) is 31.4 Å². The summed E-state index contributed by atoms with van der Waals surface area (Å²) >= 11 is 0. The van der Waals surface area contributed by atoms with Crippen molar-refractivity contribution in [2.24, 2.45) is 0 Å². The molecule has 0 saturated carbocycles. The highest BCUT2D eigenvalue weighted by atomic mass is 15.1. The van der Waals surface area contributed by atoms with Crippen molar-refractivity contribution in [2.45, 2.75) is 25.7 Å². The molecule has 3 rings (SSSR count). The van der Waals surface area contributed by atoms with Crippen LogP contribution in [0.25, 0.3) is 0 Å². The summed E-state index contributed by atoms with van der Waals surface area (Å²) in [6, 6.07) is 0. The Hall–Kier alpha value is -2.08. The Morgan fingerprint density at radius 3 is 2.86 bits per heavy atom. The van der Waals surface area contributed by atoms with Crippen LogP contribution < -0.4 is 5.32 Å². The van der Waals surface area contributed by atoms with Crippen molar-refractivity contribution in [3.05, 3.63) is 36.7 Å². The van der Waals surface area contributed by atoms with Gasteiger partial charge in [0.05, 0.1) is 11.9 Å². The number of likely N-dealkylation sites (tertiary alicyclic amines) is 1. The van der Waals surface area contributed by atoms with Gasteiger partial charge in [-0.25, -0.2) is 9.97 Å². The molecule has 0 bridgehead atoms. The lowest BCUT2D eigenvalue weighted by Gasteiger charge is -2.31. The van der Waals surface area contributed by atoms with Gasteiger partial charge in [0, 0.05) is 37.3 Å². The van der Waals surface area contributed by atoms with Crippen molar-refractivity contribution in [3.8, 4) is 0 Å². The van der Waals surface area contributed by atoms with Gasteiger partial charge in [-0.2, -0.15) is 0 Å². The fourth-order valence-electron chi connectivity index (χ4n) is 2.79. The zero-order chi connectivity index (χ0) is 14.5. The Labute approximate surface area is 124 Å². The molecule has 6 heteroatoms. The molecular formula is C15H20N6. The molecule has 2 aromatic rings. The van der Waals surface area contributed by atoms with E-state index in [9.17, 15) is 0 Å². The summed E-state index contributed by atoms with van der Waals surface area (Å²) in [5.41, 5.74) is 1.03. The van der Waals surface area contributed by atoms with Crippen molar-refractivity contribution >= 4 is 11.6 Å². The molecule has 0 aromatic carbocycles. The Bertz CT molecular complexity index is 573. The average Bonchev–Trinajstić information content (AvgIpc) is 2.56. The molecule has 2 aromatic heterocycles. The lowest BCUT2D eigenvalue weighted by molar-refractivity contribution is 0.216. The van der Waals surface area contributed by atoms with E-state index < -0.39 is 0 Å². The first-order valence-corrected chi connectivity index (χ1v) is 7.43. The van der Waals surface area contributed by atoms with Crippen LogP contribution in [0.15, 0.2) is 31.0 Å². The smallest absolute Gasteiger partial charge is 0.153 e. The Balaban J connectivity index is 1.82. The van der Waals surface area contributed by atoms with E-state index in [1.165, 1.54) is 13.0 Å². The van der Waals surface area contributed by atoms with E-state index in [0.717, 1.165) is 31.0 Å². The predicted molar refractivity (Wildman–Crippen MR) is 81.4 cm³/mol. The molecule has 0 unspecified atom stereocenters. The zero-order valence-corrected chi connectivity index (χ0v) is 12.2. The fraction of sp³-hybridized carbons (Fsp3) is 0.467. The third kappa shape index (κ3) is 3.33. The quantitative estimate of drug-likeness (QED) is 0.928. The summed E-state index contributed by atoms with van der Waals surface area (Å²) in [5, 5.41) is 3.24. The van der Waals surface area contributed by atoms with Crippen LogP contribution >= 0.6 is 0 Å². The second-order valence-electron chi connectivity index (χ2n) is 5.24. The molecule has 0 aliphatic carbocycles. The van der Waals surface area contributed by atoms with Crippen LogP contribution in [0.3, 0.4) is 0 Å². The van der Waals surface area contributed by atoms with Gasteiger partial charge < -0.3 is 10.2 Å². The minimum Gasteiger partial charge on any atom is -0.322 e. The highest BCUT2D eigenvalue weighted by Crippen LogP contribution is 2.29. The number of likely N-dealkylation sites (N-methyl/N-ethyl adjacent to an activating group) is 1. The average molecular weight is 284 g/mol. The van der Waals surface area contributed by atoms with Crippen molar-refractivity contribution in [1.29, 1.82) is 0 Å². The molecule has 1 saturated heterocycles. The minimum absolute atomic E-state index is 0.423. The molecule has 1 fully saturated rings. The maximum atomic E-state index is 4.57. The summed E-state index contributed by atoms with van der Waals surface area (Å²) in [6.45, 7) is 5.52. The number of nitrogens with one attached hydrogen (secondary N) is 1. The van der Waals surface area contributed by atoms with Crippen molar-refractivity contribution in [2.75, 3.05) is 25.0 Å². The van der Waals surface area contributed by atoms with E-state index >= 15 is 0 Å². The number of nitrogens with zero attached hydrogens (tertiary/aromatic N) is 5. The highest BCUT2D eigenvalue weighted by Gasteiger charge is 2.24. The van der Waals surface area contributed by atoms with E-state index in [1.807, 2.05) is 0 Å². The molecule has 6 nitrogen and oxygen atoms in total. The maximum Gasteiger partial charge on any atom is 0.153 e. The Morgan fingerprint density at radius 1 is 1.19 bits per heavy atom. The van der Waals surface area contributed by atoms with E-state index in [1.54, 1.807) is 31.0 Å². The van der Waals surface area contributed by atoms with E-state index in [0.29, 0.717) is 11.7 Å². The van der Waals surface area contributed by atoms with Crippen LogP contribution in [0.4, 0.5) is 11.6 Å². The van der Waals surface area contributed by atoms with Crippen LogP contribution in [0, 0.1) is 0 Å². The first-order chi connectivity index (χ1) is 10.4. The van der Waals surface area contributed by atoms with Crippen LogP contribution in [-0.2, 0) is 0 Å². The summed E-state index contributed by atoms with van der Waals surface area (Å²) in [6.07, 6.45) is 10.9. The highest BCUT2D eigenvalue weighted by molar-refractivity contribution is 5.53. The molecule has 0 amide bonds. The summed E-state index contributed by atoms with van der Waals surface area (Å²) in [7, 11) is 0. The largest absolute Gasteiger partial charge is 0.322 e. The molecule has 1 atom stereocenters. The number of rotatable bonds is 4. The standard InChI is InChI=1S/C15H20N6/c1-2-21-9-3-4-12(11-21)14-15(19-8-7-18-14)20-13-10-16-5-6-17-13/h5-8,10,12H,2-4,9,11H2,1H3,(H,17,19,20)/t12-/m0/s1. The summed E-state index contributed by atoms with van der Waals surface area (Å²) in [4.78, 5) is 19.8. The molecule has 110 valence electrons. The molecule has 0 spiro atoms. The van der Waals surface area contributed by atoms with E-state index in [2.05, 4.69) is 37.1 Å². The number of anilines is 2. The van der Waals surface area contributed by atoms with Crippen molar-refractivity contribution < 1.29 is 0 Å². The number of hydrogen-bond acceptors (Lipinski definition) is 6. The van der Waals surface area contributed by atoms with Gasteiger partial charge in [-0.05, 0) is 25.9 Å².